The summed E-state index contributed by atoms with van der Waals surface area (Å²) in [6.07, 6.45) is 1.24. The Morgan fingerprint density at radius 2 is 1.95 bits per heavy atom. The van der Waals surface area contributed by atoms with E-state index in [0.29, 0.717) is 6.04 Å². The van der Waals surface area contributed by atoms with Gasteiger partial charge in [0, 0.05) is 44.0 Å². The molecule has 1 aromatic carbocycles. The van der Waals surface area contributed by atoms with Gasteiger partial charge in [-0.3, -0.25) is 4.90 Å². The molecule has 0 bridgehead atoms. The second-order valence-corrected chi connectivity index (χ2v) is 5.88. The quantitative estimate of drug-likeness (QED) is 0.910. The molecule has 2 fully saturated rings. The molecule has 2 aliphatic heterocycles. The van der Waals surface area contributed by atoms with Crippen molar-refractivity contribution in [3.05, 3.63) is 29.8 Å². The van der Waals surface area contributed by atoms with Crippen molar-refractivity contribution in [3.63, 3.8) is 0 Å². The van der Waals surface area contributed by atoms with E-state index in [0.717, 1.165) is 39.4 Å². The Bertz CT molecular complexity index is 443. The van der Waals surface area contributed by atoms with Gasteiger partial charge in [0.15, 0.2) is 0 Å². The molecule has 2 N–H and O–H groups in total. The van der Waals surface area contributed by atoms with Gasteiger partial charge in [-0.15, -0.1) is 0 Å². The normalized spacial score (nSPS) is 25.9. The summed E-state index contributed by atoms with van der Waals surface area (Å²) in [6, 6.07) is 9.32. The lowest BCUT2D eigenvalue weighted by molar-refractivity contribution is 0.0209. The highest BCUT2D eigenvalue weighted by molar-refractivity contribution is 5.55. The predicted octanol–water partition coefficient (Wildman–Crippen LogP) is 1.62. The van der Waals surface area contributed by atoms with Crippen molar-refractivity contribution in [1.29, 1.82) is 0 Å². The molecule has 110 valence electrons. The van der Waals surface area contributed by atoms with Crippen molar-refractivity contribution in [2.24, 2.45) is 5.73 Å². The molecule has 0 saturated carbocycles. The van der Waals surface area contributed by atoms with Crippen LogP contribution in [-0.2, 0) is 4.74 Å². The van der Waals surface area contributed by atoms with Gasteiger partial charge in [-0.2, -0.15) is 0 Å². The van der Waals surface area contributed by atoms with E-state index in [-0.39, 0.29) is 6.04 Å². The summed E-state index contributed by atoms with van der Waals surface area (Å²) in [5, 5.41) is 0. The number of nitrogens with zero attached hydrogens (tertiary/aromatic N) is 2. The number of nitrogens with two attached hydrogens (primary N) is 1. The lowest BCUT2D eigenvalue weighted by Crippen LogP contribution is -2.44. The molecular weight excluding hydrogens is 250 g/mol. The minimum absolute atomic E-state index is 0.0913. The Morgan fingerprint density at radius 3 is 2.70 bits per heavy atom. The average Bonchev–Trinajstić information content (AvgIpc) is 2.98. The molecule has 1 aromatic rings. The number of anilines is 1. The van der Waals surface area contributed by atoms with E-state index in [9.17, 15) is 0 Å². The Balaban J connectivity index is 1.70. The van der Waals surface area contributed by atoms with Crippen LogP contribution in [0.3, 0.4) is 0 Å². The van der Waals surface area contributed by atoms with Crippen LogP contribution in [0.5, 0.6) is 0 Å². The number of morpholine rings is 1. The Kier molecular flexibility index (Phi) is 4.24. The van der Waals surface area contributed by atoms with E-state index in [1.807, 2.05) is 0 Å². The first kappa shape index (κ1) is 13.9. The first-order valence-corrected chi connectivity index (χ1v) is 7.67. The van der Waals surface area contributed by atoms with Gasteiger partial charge in [-0.1, -0.05) is 18.2 Å². The number of hydrogen-bond acceptors (Lipinski definition) is 4. The Morgan fingerprint density at radius 1 is 1.20 bits per heavy atom. The van der Waals surface area contributed by atoms with E-state index in [2.05, 4.69) is 41.0 Å². The van der Waals surface area contributed by atoms with Crippen LogP contribution >= 0.6 is 0 Å². The molecule has 0 radical (unpaired) electrons. The van der Waals surface area contributed by atoms with Gasteiger partial charge in [0.25, 0.3) is 0 Å². The maximum atomic E-state index is 6.11. The summed E-state index contributed by atoms with van der Waals surface area (Å²) in [4.78, 5) is 5.08. The summed E-state index contributed by atoms with van der Waals surface area (Å²) in [7, 11) is 0. The van der Waals surface area contributed by atoms with E-state index in [4.69, 9.17) is 10.5 Å². The number of hydrogen-bond donors (Lipinski definition) is 1. The number of rotatable bonds is 3. The second-order valence-electron chi connectivity index (χ2n) is 5.88. The Labute approximate surface area is 121 Å². The van der Waals surface area contributed by atoms with Crippen molar-refractivity contribution in [2.45, 2.75) is 25.4 Å². The third-order valence-corrected chi connectivity index (χ3v) is 4.49. The van der Waals surface area contributed by atoms with Gasteiger partial charge in [-0.25, -0.2) is 0 Å². The zero-order chi connectivity index (χ0) is 13.9. The van der Waals surface area contributed by atoms with Crippen LogP contribution in [0, 0.1) is 0 Å². The Hall–Kier alpha value is -1.10. The van der Waals surface area contributed by atoms with Gasteiger partial charge < -0.3 is 15.4 Å². The standard InChI is InChI=1S/C16H25N3O/c1-13(17)15-4-2-3-5-16(15)19-7-6-14(12-19)18-8-10-20-11-9-18/h2-5,13-14H,6-12,17H2,1H3/t13-,14?/m1/s1. The van der Waals surface area contributed by atoms with Crippen molar-refractivity contribution in [2.75, 3.05) is 44.3 Å². The molecule has 0 amide bonds. The van der Waals surface area contributed by atoms with Crippen molar-refractivity contribution >= 4 is 5.69 Å². The van der Waals surface area contributed by atoms with Crippen LogP contribution in [-0.4, -0.2) is 50.3 Å². The van der Waals surface area contributed by atoms with Gasteiger partial charge in [0.1, 0.15) is 0 Å². The second kappa shape index (κ2) is 6.12. The maximum absolute atomic E-state index is 6.11. The minimum atomic E-state index is 0.0913. The third-order valence-electron chi connectivity index (χ3n) is 4.49. The summed E-state index contributed by atoms with van der Waals surface area (Å²) < 4.78 is 5.45. The molecule has 1 unspecified atom stereocenters. The zero-order valence-corrected chi connectivity index (χ0v) is 12.3. The lowest BCUT2D eigenvalue weighted by atomic mass is 10.1. The number of para-hydroxylation sites is 1. The molecule has 3 rings (SSSR count). The topological polar surface area (TPSA) is 41.7 Å². The van der Waals surface area contributed by atoms with Crippen molar-refractivity contribution in [1.82, 2.24) is 4.90 Å². The predicted molar refractivity (Wildman–Crippen MR) is 82.1 cm³/mol. The fourth-order valence-corrected chi connectivity index (χ4v) is 3.36. The van der Waals surface area contributed by atoms with E-state index < -0.39 is 0 Å². The summed E-state index contributed by atoms with van der Waals surface area (Å²) in [5.74, 6) is 0. The molecule has 4 nitrogen and oxygen atoms in total. The fourth-order valence-electron chi connectivity index (χ4n) is 3.36. The van der Waals surface area contributed by atoms with E-state index in [1.54, 1.807) is 0 Å². The molecule has 20 heavy (non-hydrogen) atoms. The first-order valence-electron chi connectivity index (χ1n) is 7.67. The number of ether oxygens (including phenoxy) is 1. The van der Waals surface area contributed by atoms with Gasteiger partial charge in [-0.05, 0) is 25.0 Å². The molecule has 2 atom stereocenters. The van der Waals surface area contributed by atoms with E-state index in [1.165, 1.54) is 17.7 Å². The number of benzene rings is 1. The molecule has 2 saturated heterocycles. The SMILES string of the molecule is C[C@@H](N)c1ccccc1N1CCC(N2CCOCC2)C1. The first-order chi connectivity index (χ1) is 9.75. The summed E-state index contributed by atoms with van der Waals surface area (Å²) in [5.41, 5.74) is 8.68. The van der Waals surface area contributed by atoms with Gasteiger partial charge in [0.2, 0.25) is 0 Å². The third kappa shape index (κ3) is 2.82. The monoisotopic (exact) mass is 275 g/mol. The molecule has 0 aromatic heterocycles. The van der Waals surface area contributed by atoms with Gasteiger partial charge >= 0.3 is 0 Å². The van der Waals surface area contributed by atoms with Crippen LogP contribution in [0.1, 0.15) is 24.9 Å². The molecule has 0 aliphatic carbocycles. The fraction of sp³-hybridized carbons (Fsp3) is 0.625. The molecule has 4 heteroatoms. The minimum Gasteiger partial charge on any atom is -0.379 e. The molecule has 2 aliphatic rings. The lowest BCUT2D eigenvalue weighted by Gasteiger charge is -2.32. The van der Waals surface area contributed by atoms with Crippen LogP contribution in [0.15, 0.2) is 24.3 Å². The molecule has 0 spiro atoms. The zero-order valence-electron chi connectivity index (χ0n) is 12.3. The molecule has 2 heterocycles. The van der Waals surface area contributed by atoms with Crippen molar-refractivity contribution < 1.29 is 4.74 Å². The highest BCUT2D eigenvalue weighted by Crippen LogP contribution is 2.29. The van der Waals surface area contributed by atoms with Crippen LogP contribution in [0.25, 0.3) is 0 Å². The maximum Gasteiger partial charge on any atom is 0.0594 e. The van der Waals surface area contributed by atoms with Gasteiger partial charge in [0.05, 0.1) is 13.2 Å². The average molecular weight is 275 g/mol. The summed E-state index contributed by atoms with van der Waals surface area (Å²) in [6.45, 7) is 8.23. The largest absolute Gasteiger partial charge is 0.379 e. The highest BCUT2D eigenvalue weighted by Gasteiger charge is 2.29. The van der Waals surface area contributed by atoms with Crippen molar-refractivity contribution in [3.8, 4) is 0 Å². The van der Waals surface area contributed by atoms with Crippen LogP contribution in [0.4, 0.5) is 5.69 Å². The highest BCUT2D eigenvalue weighted by atomic mass is 16.5. The smallest absolute Gasteiger partial charge is 0.0594 e. The van der Waals surface area contributed by atoms with Crippen LogP contribution < -0.4 is 10.6 Å². The van der Waals surface area contributed by atoms with Crippen LogP contribution in [0.2, 0.25) is 0 Å². The molecular formula is C16H25N3O. The van der Waals surface area contributed by atoms with E-state index >= 15 is 0 Å². The summed E-state index contributed by atoms with van der Waals surface area (Å²) >= 11 is 0.